The number of nitrogens with zero attached hydrogens (tertiary/aromatic N) is 4. The molecule has 0 bridgehead atoms. The van der Waals surface area contributed by atoms with Crippen LogP contribution in [0.2, 0.25) is 5.02 Å². The van der Waals surface area contributed by atoms with Crippen molar-refractivity contribution in [2.75, 3.05) is 32.7 Å². The second kappa shape index (κ2) is 7.82. The number of halogens is 1. The van der Waals surface area contributed by atoms with Crippen LogP contribution in [0, 0.1) is 0 Å². The zero-order valence-corrected chi connectivity index (χ0v) is 17.3. The number of amides is 1. The van der Waals surface area contributed by atoms with Gasteiger partial charge in [-0.2, -0.15) is 0 Å². The van der Waals surface area contributed by atoms with Crippen molar-refractivity contribution in [3.8, 4) is 0 Å². The number of piperazine rings is 2. The van der Waals surface area contributed by atoms with Crippen LogP contribution < -0.4 is 0 Å². The third-order valence-electron chi connectivity index (χ3n) is 5.84. The van der Waals surface area contributed by atoms with Crippen LogP contribution in [0.15, 0.2) is 48.7 Å². The van der Waals surface area contributed by atoms with Crippen LogP contribution in [0.3, 0.4) is 0 Å². The van der Waals surface area contributed by atoms with E-state index < -0.39 is 0 Å². The maximum atomic E-state index is 13.1. The van der Waals surface area contributed by atoms with Crippen LogP contribution in [0.25, 0.3) is 0 Å². The third kappa shape index (κ3) is 4.07. The molecule has 2 aliphatic rings. The molecule has 1 aromatic heterocycles. The summed E-state index contributed by atoms with van der Waals surface area (Å²) < 4.78 is 0. The molecule has 0 N–H and O–H groups in total. The Kier molecular flexibility index (Phi) is 5.41. The quantitative estimate of drug-likeness (QED) is 0.796. The Hall–Kier alpha value is -1.95. The van der Waals surface area contributed by atoms with Crippen molar-refractivity contribution in [2.45, 2.75) is 32.0 Å². The number of carbonyl (C=O) groups excluding carboxylic acids is 1. The number of aromatic nitrogens is 1. The van der Waals surface area contributed by atoms with Crippen LogP contribution in [0.4, 0.5) is 0 Å². The van der Waals surface area contributed by atoms with Gasteiger partial charge in [-0.25, -0.2) is 0 Å². The Balaban J connectivity index is 1.48. The zero-order chi connectivity index (χ0) is 19.7. The second-order valence-electron chi connectivity index (χ2n) is 8.41. The number of hydrogen-bond donors (Lipinski definition) is 0. The van der Waals surface area contributed by atoms with E-state index in [9.17, 15) is 4.79 Å². The minimum absolute atomic E-state index is 0.0396. The number of carbonyl (C=O) groups is 1. The lowest BCUT2D eigenvalue weighted by molar-refractivity contribution is -0.0579. The summed E-state index contributed by atoms with van der Waals surface area (Å²) >= 11 is 5.98. The van der Waals surface area contributed by atoms with Crippen molar-refractivity contribution < 1.29 is 4.79 Å². The SMILES string of the molecule is CC1(C)CN(C(=O)c2ccc(Cl)cc2)C[C@@H]2CN(Cc3ccccn3)CCN21. The summed E-state index contributed by atoms with van der Waals surface area (Å²) in [6, 6.07) is 13.6. The molecule has 1 amide bonds. The Bertz CT molecular complexity index is 824. The van der Waals surface area contributed by atoms with Crippen molar-refractivity contribution in [1.82, 2.24) is 19.7 Å². The highest BCUT2D eigenvalue weighted by molar-refractivity contribution is 6.30. The Morgan fingerprint density at radius 2 is 1.93 bits per heavy atom. The molecule has 148 valence electrons. The van der Waals surface area contributed by atoms with Gasteiger partial charge in [0.05, 0.1) is 5.69 Å². The van der Waals surface area contributed by atoms with Crippen molar-refractivity contribution in [2.24, 2.45) is 0 Å². The molecule has 28 heavy (non-hydrogen) atoms. The topological polar surface area (TPSA) is 39.7 Å². The zero-order valence-electron chi connectivity index (χ0n) is 16.5. The van der Waals surface area contributed by atoms with Crippen LogP contribution >= 0.6 is 11.6 Å². The van der Waals surface area contributed by atoms with E-state index in [0.717, 1.165) is 45.0 Å². The smallest absolute Gasteiger partial charge is 0.253 e. The highest BCUT2D eigenvalue weighted by Crippen LogP contribution is 2.29. The average molecular weight is 399 g/mol. The molecule has 1 aromatic carbocycles. The summed E-state index contributed by atoms with van der Waals surface area (Å²) in [6.45, 7) is 9.84. The second-order valence-corrected chi connectivity index (χ2v) is 8.84. The number of pyridine rings is 1. The Labute approximate surface area is 171 Å². The van der Waals surface area contributed by atoms with E-state index in [1.807, 2.05) is 35.4 Å². The summed E-state index contributed by atoms with van der Waals surface area (Å²) in [5.41, 5.74) is 1.76. The molecule has 2 saturated heterocycles. The fraction of sp³-hybridized carbons (Fsp3) is 0.455. The molecule has 0 radical (unpaired) electrons. The van der Waals surface area contributed by atoms with E-state index in [0.29, 0.717) is 16.6 Å². The first kappa shape index (κ1) is 19.4. The maximum Gasteiger partial charge on any atom is 0.253 e. The molecule has 5 nitrogen and oxygen atoms in total. The number of benzene rings is 1. The Morgan fingerprint density at radius 1 is 1.14 bits per heavy atom. The van der Waals surface area contributed by atoms with E-state index in [1.165, 1.54) is 0 Å². The van der Waals surface area contributed by atoms with Gasteiger partial charge in [0.15, 0.2) is 0 Å². The molecule has 0 spiro atoms. The third-order valence-corrected chi connectivity index (χ3v) is 6.10. The molecule has 2 aromatic rings. The lowest BCUT2D eigenvalue weighted by Crippen LogP contribution is -2.70. The molecule has 0 aliphatic carbocycles. The predicted octanol–water partition coefficient (Wildman–Crippen LogP) is 3.16. The summed E-state index contributed by atoms with van der Waals surface area (Å²) in [4.78, 5) is 24.6. The minimum atomic E-state index is -0.0396. The molecule has 2 fully saturated rings. The number of fused-ring (bicyclic) bond motifs is 1. The van der Waals surface area contributed by atoms with E-state index in [1.54, 1.807) is 12.1 Å². The monoisotopic (exact) mass is 398 g/mol. The van der Waals surface area contributed by atoms with Gasteiger partial charge < -0.3 is 4.90 Å². The van der Waals surface area contributed by atoms with E-state index in [2.05, 4.69) is 34.7 Å². The van der Waals surface area contributed by atoms with E-state index in [-0.39, 0.29) is 11.4 Å². The van der Waals surface area contributed by atoms with Gasteiger partial charge in [0.25, 0.3) is 5.91 Å². The fourth-order valence-electron chi connectivity index (χ4n) is 4.54. The van der Waals surface area contributed by atoms with Gasteiger partial charge in [-0.1, -0.05) is 17.7 Å². The van der Waals surface area contributed by atoms with Gasteiger partial charge >= 0.3 is 0 Å². The summed E-state index contributed by atoms with van der Waals surface area (Å²) in [5.74, 6) is 0.0891. The first-order chi connectivity index (χ1) is 13.4. The minimum Gasteiger partial charge on any atom is -0.335 e. The molecule has 4 rings (SSSR count). The van der Waals surface area contributed by atoms with Crippen molar-refractivity contribution >= 4 is 17.5 Å². The summed E-state index contributed by atoms with van der Waals surface area (Å²) in [5, 5.41) is 0.652. The summed E-state index contributed by atoms with van der Waals surface area (Å²) in [7, 11) is 0. The fourth-order valence-corrected chi connectivity index (χ4v) is 4.67. The highest BCUT2D eigenvalue weighted by atomic mass is 35.5. The van der Waals surface area contributed by atoms with E-state index in [4.69, 9.17) is 11.6 Å². The largest absolute Gasteiger partial charge is 0.335 e. The van der Waals surface area contributed by atoms with Gasteiger partial charge in [-0.05, 0) is 50.2 Å². The van der Waals surface area contributed by atoms with Crippen molar-refractivity contribution in [3.63, 3.8) is 0 Å². The molecule has 0 saturated carbocycles. The summed E-state index contributed by atoms with van der Waals surface area (Å²) in [6.07, 6.45) is 1.85. The van der Waals surface area contributed by atoms with Crippen LogP contribution in [0.1, 0.15) is 29.9 Å². The lowest BCUT2D eigenvalue weighted by atomic mass is 9.92. The molecule has 3 heterocycles. The van der Waals surface area contributed by atoms with Crippen LogP contribution in [0.5, 0.6) is 0 Å². The predicted molar refractivity (Wildman–Crippen MR) is 111 cm³/mol. The number of hydrogen-bond acceptors (Lipinski definition) is 4. The van der Waals surface area contributed by atoms with Crippen molar-refractivity contribution in [3.05, 3.63) is 64.9 Å². The molecular weight excluding hydrogens is 372 g/mol. The normalized spacial score (nSPS) is 22.7. The van der Waals surface area contributed by atoms with Gasteiger partial charge in [-0.3, -0.25) is 19.6 Å². The van der Waals surface area contributed by atoms with Crippen LogP contribution in [-0.2, 0) is 6.54 Å². The van der Waals surface area contributed by atoms with Crippen molar-refractivity contribution in [1.29, 1.82) is 0 Å². The Morgan fingerprint density at radius 3 is 2.64 bits per heavy atom. The molecular formula is C22H27ClN4O. The first-order valence-electron chi connectivity index (χ1n) is 9.86. The van der Waals surface area contributed by atoms with E-state index >= 15 is 0 Å². The van der Waals surface area contributed by atoms with Gasteiger partial charge in [-0.15, -0.1) is 0 Å². The van der Waals surface area contributed by atoms with Gasteiger partial charge in [0.2, 0.25) is 0 Å². The van der Waals surface area contributed by atoms with Gasteiger partial charge in [0, 0.05) is 67.6 Å². The van der Waals surface area contributed by atoms with Gasteiger partial charge in [0.1, 0.15) is 0 Å². The van der Waals surface area contributed by atoms with Crippen LogP contribution in [-0.4, -0.2) is 69.9 Å². The molecule has 6 heteroatoms. The number of rotatable bonds is 3. The molecule has 1 atom stereocenters. The standard InChI is InChI=1S/C22H27ClN4O/c1-22(2)16-26(21(28)17-6-8-18(23)9-7-17)15-20-14-25(11-12-27(20)22)13-19-5-3-4-10-24-19/h3-10,20H,11-16H2,1-2H3/t20-/m0/s1. The lowest BCUT2D eigenvalue weighted by Gasteiger charge is -2.55. The molecule has 2 aliphatic heterocycles. The maximum absolute atomic E-state index is 13.1. The average Bonchev–Trinajstić information content (AvgIpc) is 2.68. The molecule has 0 unspecified atom stereocenters. The highest BCUT2D eigenvalue weighted by Gasteiger charge is 2.43. The first-order valence-corrected chi connectivity index (χ1v) is 10.2.